The Labute approximate surface area is 147 Å². The summed E-state index contributed by atoms with van der Waals surface area (Å²) in [5.74, 6) is 2.96. The minimum Gasteiger partial charge on any atom is -0.285 e. The van der Waals surface area contributed by atoms with Gasteiger partial charge in [-0.3, -0.25) is 9.69 Å². The van der Waals surface area contributed by atoms with Crippen molar-refractivity contribution in [3.8, 4) is 0 Å². The minimum atomic E-state index is -0.0995. The standard InChI is InChI=1S/C20H22N4O/c25-19(17-4-2-1-3-5-17)24(18-6-7-21-23-22-18)20-11-14-8-15(12-20)10-16(9-14)13-20/h1-7,14-16H,8-13H2. The highest BCUT2D eigenvalue weighted by Gasteiger charge is 2.55. The fraction of sp³-hybridized carbons (Fsp3) is 0.500. The van der Waals surface area contributed by atoms with Gasteiger partial charge in [0.05, 0.1) is 11.7 Å². The van der Waals surface area contributed by atoms with Crippen molar-refractivity contribution in [2.75, 3.05) is 4.90 Å². The first-order valence-electron chi connectivity index (χ1n) is 9.27. The Balaban J connectivity index is 1.60. The number of amides is 1. The van der Waals surface area contributed by atoms with Gasteiger partial charge in [-0.25, -0.2) is 0 Å². The second kappa shape index (κ2) is 5.61. The quantitative estimate of drug-likeness (QED) is 0.862. The Kier molecular flexibility index (Phi) is 3.37. The van der Waals surface area contributed by atoms with Gasteiger partial charge in [-0.2, -0.15) is 0 Å². The van der Waals surface area contributed by atoms with E-state index < -0.39 is 0 Å². The van der Waals surface area contributed by atoms with Crippen LogP contribution < -0.4 is 4.90 Å². The normalized spacial score (nSPS) is 32.6. The minimum absolute atomic E-state index is 0.0445. The lowest BCUT2D eigenvalue weighted by Crippen LogP contribution is -2.62. The van der Waals surface area contributed by atoms with Crippen molar-refractivity contribution in [2.45, 2.75) is 44.1 Å². The summed E-state index contributed by atoms with van der Waals surface area (Å²) in [5.41, 5.74) is 0.620. The summed E-state index contributed by atoms with van der Waals surface area (Å²) in [5, 5.41) is 11.8. The first-order chi connectivity index (χ1) is 12.2. The molecule has 0 radical (unpaired) electrons. The zero-order chi connectivity index (χ0) is 16.9. The van der Waals surface area contributed by atoms with E-state index in [0.717, 1.165) is 42.6 Å². The van der Waals surface area contributed by atoms with E-state index >= 15 is 0 Å². The summed E-state index contributed by atoms with van der Waals surface area (Å²) in [6.07, 6.45) is 8.96. The summed E-state index contributed by atoms with van der Waals surface area (Å²) in [6, 6.07) is 11.4. The Hall–Kier alpha value is -2.30. The molecule has 0 N–H and O–H groups in total. The number of aromatic nitrogens is 3. The molecule has 128 valence electrons. The van der Waals surface area contributed by atoms with Crippen LogP contribution in [0.15, 0.2) is 42.6 Å². The summed E-state index contributed by atoms with van der Waals surface area (Å²) in [4.78, 5) is 15.5. The SMILES string of the molecule is O=C(c1ccccc1)N(c1ccnnn1)C12CC3CC(CC(C3)C1)C2. The van der Waals surface area contributed by atoms with E-state index in [1.54, 1.807) is 6.20 Å². The molecule has 0 aliphatic heterocycles. The largest absolute Gasteiger partial charge is 0.285 e. The van der Waals surface area contributed by atoms with Crippen LogP contribution in [0.5, 0.6) is 0 Å². The summed E-state index contributed by atoms with van der Waals surface area (Å²) >= 11 is 0. The molecule has 1 aromatic heterocycles. The third-order valence-electron chi connectivity index (χ3n) is 6.42. The maximum atomic E-state index is 13.5. The molecular weight excluding hydrogens is 312 g/mol. The highest BCUT2D eigenvalue weighted by atomic mass is 16.2. The second-order valence-corrected chi connectivity index (χ2v) is 8.13. The van der Waals surface area contributed by atoms with Gasteiger partial charge in [-0.15, -0.1) is 10.2 Å². The van der Waals surface area contributed by atoms with E-state index in [9.17, 15) is 4.79 Å². The molecule has 0 atom stereocenters. The van der Waals surface area contributed by atoms with Crippen LogP contribution in [0.1, 0.15) is 48.9 Å². The van der Waals surface area contributed by atoms with Crippen LogP contribution in [-0.2, 0) is 0 Å². The zero-order valence-electron chi connectivity index (χ0n) is 14.2. The van der Waals surface area contributed by atoms with Crippen LogP contribution in [0.4, 0.5) is 5.82 Å². The predicted octanol–water partition coefficient (Wildman–Crippen LogP) is 3.49. The summed E-state index contributed by atoms with van der Waals surface area (Å²) < 4.78 is 0. The van der Waals surface area contributed by atoms with Crippen LogP contribution in [0.25, 0.3) is 0 Å². The van der Waals surface area contributed by atoms with Crippen molar-refractivity contribution < 1.29 is 4.79 Å². The highest BCUT2D eigenvalue weighted by molar-refractivity contribution is 6.06. The molecule has 1 aromatic carbocycles. The molecule has 1 heterocycles. The molecule has 4 saturated carbocycles. The molecule has 1 amide bonds. The molecule has 4 aliphatic rings. The summed E-state index contributed by atoms with van der Waals surface area (Å²) in [7, 11) is 0. The van der Waals surface area contributed by atoms with Crippen molar-refractivity contribution in [3.63, 3.8) is 0 Å². The average Bonchev–Trinajstić information content (AvgIpc) is 2.62. The molecule has 4 aliphatic carbocycles. The van der Waals surface area contributed by atoms with Gasteiger partial charge in [0.2, 0.25) is 0 Å². The third kappa shape index (κ3) is 2.44. The molecule has 4 fully saturated rings. The topological polar surface area (TPSA) is 59.0 Å². The van der Waals surface area contributed by atoms with Gasteiger partial charge in [0.1, 0.15) is 0 Å². The first kappa shape index (κ1) is 15.0. The number of hydrogen-bond donors (Lipinski definition) is 0. The van der Waals surface area contributed by atoms with Crippen LogP contribution in [0, 0.1) is 17.8 Å². The van der Waals surface area contributed by atoms with Gasteiger partial charge in [0.15, 0.2) is 5.82 Å². The monoisotopic (exact) mass is 334 g/mol. The smallest absolute Gasteiger partial charge is 0.260 e. The van der Waals surface area contributed by atoms with Crippen molar-refractivity contribution >= 4 is 11.7 Å². The number of carbonyl (C=O) groups excluding carboxylic acids is 1. The van der Waals surface area contributed by atoms with Crippen molar-refractivity contribution in [3.05, 3.63) is 48.2 Å². The maximum Gasteiger partial charge on any atom is 0.260 e. The van der Waals surface area contributed by atoms with E-state index in [1.165, 1.54) is 19.3 Å². The Morgan fingerprint density at radius 1 is 0.960 bits per heavy atom. The summed E-state index contributed by atoms with van der Waals surface area (Å²) in [6.45, 7) is 0. The number of nitrogens with zero attached hydrogens (tertiary/aromatic N) is 4. The van der Waals surface area contributed by atoms with Crippen LogP contribution in [-0.4, -0.2) is 26.9 Å². The maximum absolute atomic E-state index is 13.5. The first-order valence-corrected chi connectivity index (χ1v) is 9.27. The number of carbonyl (C=O) groups is 1. The lowest BCUT2D eigenvalue weighted by molar-refractivity contribution is -0.00349. The molecule has 25 heavy (non-hydrogen) atoms. The lowest BCUT2D eigenvalue weighted by atomic mass is 9.52. The van der Waals surface area contributed by atoms with Gasteiger partial charge < -0.3 is 0 Å². The molecule has 0 saturated heterocycles. The van der Waals surface area contributed by atoms with Gasteiger partial charge in [0, 0.05) is 11.6 Å². The fourth-order valence-electron chi connectivity index (χ4n) is 5.97. The van der Waals surface area contributed by atoms with E-state index in [2.05, 4.69) is 15.4 Å². The van der Waals surface area contributed by atoms with Gasteiger partial charge in [0.25, 0.3) is 5.91 Å². The van der Waals surface area contributed by atoms with Crippen molar-refractivity contribution in [2.24, 2.45) is 17.8 Å². The van der Waals surface area contributed by atoms with Crippen molar-refractivity contribution in [1.29, 1.82) is 0 Å². The number of benzene rings is 1. The Morgan fingerprint density at radius 3 is 2.16 bits per heavy atom. The van der Waals surface area contributed by atoms with Crippen LogP contribution in [0.2, 0.25) is 0 Å². The molecule has 5 heteroatoms. The third-order valence-corrected chi connectivity index (χ3v) is 6.42. The second-order valence-electron chi connectivity index (χ2n) is 8.13. The molecule has 0 spiro atoms. The van der Waals surface area contributed by atoms with Gasteiger partial charge in [-0.05, 0) is 73.6 Å². The number of rotatable bonds is 3. The molecule has 0 unspecified atom stereocenters. The number of anilines is 1. The van der Waals surface area contributed by atoms with Gasteiger partial charge >= 0.3 is 0 Å². The molecule has 6 rings (SSSR count). The molecule has 2 aromatic rings. The van der Waals surface area contributed by atoms with E-state index in [0.29, 0.717) is 5.82 Å². The van der Waals surface area contributed by atoms with Gasteiger partial charge in [-0.1, -0.05) is 18.2 Å². The lowest BCUT2D eigenvalue weighted by Gasteiger charge is -2.59. The highest BCUT2D eigenvalue weighted by Crippen LogP contribution is 2.58. The van der Waals surface area contributed by atoms with Crippen LogP contribution >= 0.6 is 0 Å². The predicted molar refractivity (Wildman–Crippen MR) is 94.0 cm³/mol. The Morgan fingerprint density at radius 2 is 1.60 bits per heavy atom. The van der Waals surface area contributed by atoms with E-state index in [4.69, 9.17) is 0 Å². The Bertz CT molecular complexity index is 742. The van der Waals surface area contributed by atoms with E-state index in [-0.39, 0.29) is 11.4 Å². The van der Waals surface area contributed by atoms with Crippen LogP contribution in [0.3, 0.4) is 0 Å². The van der Waals surface area contributed by atoms with E-state index in [1.807, 2.05) is 41.3 Å². The number of hydrogen-bond acceptors (Lipinski definition) is 4. The zero-order valence-corrected chi connectivity index (χ0v) is 14.2. The molecule has 5 nitrogen and oxygen atoms in total. The fourth-order valence-corrected chi connectivity index (χ4v) is 5.97. The average molecular weight is 334 g/mol. The molecular formula is C20H22N4O. The molecule has 4 bridgehead atoms. The van der Waals surface area contributed by atoms with Crippen molar-refractivity contribution in [1.82, 2.24) is 15.4 Å².